The average Bonchev–Trinajstić information content (AvgIpc) is 2.38. The first kappa shape index (κ1) is 14.3. The van der Waals surface area contributed by atoms with Gasteiger partial charge in [-0.2, -0.15) is 0 Å². The molecule has 0 aliphatic rings. The first-order valence-electron chi connectivity index (χ1n) is 5.73. The smallest absolute Gasteiger partial charge is 0.326 e. The molecule has 0 amide bonds. The van der Waals surface area contributed by atoms with Gasteiger partial charge in [0.05, 0.1) is 6.42 Å². The van der Waals surface area contributed by atoms with Gasteiger partial charge in [-0.3, -0.25) is 4.79 Å². The fourth-order valence-electron chi connectivity index (χ4n) is 1.82. The summed E-state index contributed by atoms with van der Waals surface area (Å²) in [4.78, 5) is 25.9. The molecule has 0 bridgehead atoms. The molecule has 0 fully saturated rings. The molecule has 0 aliphatic carbocycles. The third kappa shape index (κ3) is 3.05. The van der Waals surface area contributed by atoms with Gasteiger partial charge in [-0.15, -0.1) is 0 Å². The van der Waals surface area contributed by atoms with E-state index in [2.05, 4.69) is 26.2 Å². The Kier molecular flexibility index (Phi) is 4.19. The molecule has 1 unspecified atom stereocenters. The molecule has 20 heavy (non-hydrogen) atoms. The quantitative estimate of drug-likeness (QED) is 0.773. The summed E-state index contributed by atoms with van der Waals surface area (Å²) in [5.74, 6) is -2.08. The number of benzene rings is 1. The molecule has 0 saturated carbocycles. The van der Waals surface area contributed by atoms with Crippen molar-refractivity contribution in [1.82, 2.24) is 4.98 Å². The van der Waals surface area contributed by atoms with Crippen molar-refractivity contribution in [1.29, 1.82) is 0 Å². The number of carboxylic acid groups (broad SMARTS) is 2. The highest BCUT2D eigenvalue weighted by molar-refractivity contribution is 9.10. The van der Waals surface area contributed by atoms with Gasteiger partial charge in [0.15, 0.2) is 0 Å². The van der Waals surface area contributed by atoms with Gasteiger partial charge in [0.2, 0.25) is 0 Å². The molecule has 1 aromatic heterocycles. The molecule has 0 aliphatic heterocycles. The van der Waals surface area contributed by atoms with E-state index >= 15 is 0 Å². The molecule has 7 heteroatoms. The number of aliphatic carboxylic acids is 2. The van der Waals surface area contributed by atoms with Crippen LogP contribution < -0.4 is 5.32 Å². The van der Waals surface area contributed by atoms with Crippen molar-refractivity contribution in [2.24, 2.45) is 0 Å². The zero-order valence-corrected chi connectivity index (χ0v) is 11.8. The van der Waals surface area contributed by atoms with Crippen LogP contribution >= 0.6 is 15.9 Å². The largest absolute Gasteiger partial charge is 0.481 e. The lowest BCUT2D eigenvalue weighted by molar-refractivity contribution is -0.144. The molecule has 2 rings (SSSR count). The minimum absolute atomic E-state index is 0.345. The summed E-state index contributed by atoms with van der Waals surface area (Å²) in [6.07, 6.45) is 1.01. The number of hydrogen-bond acceptors (Lipinski definition) is 4. The Morgan fingerprint density at radius 1 is 1.25 bits per heavy atom. The maximum atomic E-state index is 11.1. The van der Waals surface area contributed by atoms with Gasteiger partial charge in [-0.05, 0) is 12.1 Å². The topological polar surface area (TPSA) is 99.5 Å². The Labute approximate surface area is 122 Å². The van der Waals surface area contributed by atoms with Crippen LogP contribution in [-0.2, 0) is 9.59 Å². The Morgan fingerprint density at radius 3 is 2.65 bits per heavy atom. The van der Waals surface area contributed by atoms with E-state index in [1.54, 1.807) is 18.2 Å². The van der Waals surface area contributed by atoms with E-state index in [1.807, 2.05) is 6.07 Å². The van der Waals surface area contributed by atoms with E-state index in [9.17, 15) is 9.59 Å². The summed E-state index contributed by atoms with van der Waals surface area (Å²) >= 11 is 3.40. The maximum Gasteiger partial charge on any atom is 0.326 e. The molecule has 104 valence electrons. The van der Waals surface area contributed by atoms with Gasteiger partial charge in [-0.25, -0.2) is 9.78 Å². The van der Waals surface area contributed by atoms with Crippen molar-refractivity contribution in [2.75, 3.05) is 5.32 Å². The van der Waals surface area contributed by atoms with Crippen molar-refractivity contribution in [3.63, 3.8) is 0 Å². The molecule has 1 atom stereocenters. The zero-order chi connectivity index (χ0) is 14.7. The van der Waals surface area contributed by atoms with Crippen LogP contribution in [0.4, 0.5) is 5.82 Å². The summed E-state index contributed by atoms with van der Waals surface area (Å²) < 4.78 is 0.852. The van der Waals surface area contributed by atoms with Crippen molar-refractivity contribution in [3.8, 4) is 0 Å². The lowest BCUT2D eigenvalue weighted by Crippen LogP contribution is -2.32. The second kappa shape index (κ2) is 5.87. The van der Waals surface area contributed by atoms with Crippen LogP contribution in [0.2, 0.25) is 0 Å². The first-order valence-corrected chi connectivity index (χ1v) is 6.52. The summed E-state index contributed by atoms with van der Waals surface area (Å²) in [6, 6.07) is 6.00. The monoisotopic (exact) mass is 338 g/mol. The number of carbonyl (C=O) groups is 2. The number of anilines is 1. The number of pyridine rings is 1. The minimum atomic E-state index is -1.24. The fourth-order valence-corrected chi connectivity index (χ4v) is 2.32. The molecular formula is C13H11BrN2O4. The van der Waals surface area contributed by atoms with Crippen LogP contribution in [-0.4, -0.2) is 33.2 Å². The SMILES string of the molecule is O=C(O)CC(Nc1nccc2c(Br)cccc12)C(=O)O. The van der Waals surface area contributed by atoms with E-state index in [-0.39, 0.29) is 0 Å². The van der Waals surface area contributed by atoms with Crippen LogP contribution in [0.3, 0.4) is 0 Å². The number of aromatic nitrogens is 1. The fraction of sp³-hybridized carbons (Fsp3) is 0.154. The number of carboxylic acids is 2. The lowest BCUT2D eigenvalue weighted by atomic mass is 10.1. The van der Waals surface area contributed by atoms with E-state index < -0.39 is 24.4 Å². The Hall–Kier alpha value is -2.15. The number of rotatable bonds is 5. The van der Waals surface area contributed by atoms with E-state index in [0.717, 1.165) is 15.2 Å². The van der Waals surface area contributed by atoms with Crippen molar-refractivity contribution >= 4 is 44.5 Å². The van der Waals surface area contributed by atoms with E-state index in [4.69, 9.17) is 10.2 Å². The van der Waals surface area contributed by atoms with Gasteiger partial charge >= 0.3 is 11.9 Å². The molecular weight excluding hydrogens is 328 g/mol. The van der Waals surface area contributed by atoms with E-state index in [1.165, 1.54) is 6.20 Å². The molecule has 1 aromatic carbocycles. The standard InChI is InChI=1S/C13H11BrN2O4/c14-9-3-1-2-8-7(9)4-5-15-12(8)16-10(13(19)20)6-11(17)18/h1-5,10H,6H2,(H,15,16)(H,17,18)(H,19,20). The Balaban J connectivity index is 2.40. The lowest BCUT2D eigenvalue weighted by Gasteiger charge is -2.15. The number of fused-ring (bicyclic) bond motifs is 1. The molecule has 0 spiro atoms. The van der Waals surface area contributed by atoms with Crippen LogP contribution in [0.25, 0.3) is 10.8 Å². The molecule has 2 aromatic rings. The highest BCUT2D eigenvalue weighted by Gasteiger charge is 2.22. The molecule has 0 saturated heterocycles. The minimum Gasteiger partial charge on any atom is -0.481 e. The second-order valence-corrected chi connectivity index (χ2v) is 4.98. The maximum absolute atomic E-state index is 11.1. The summed E-state index contributed by atoms with van der Waals surface area (Å²) in [7, 11) is 0. The normalized spacial score (nSPS) is 12.1. The number of nitrogens with zero attached hydrogens (tertiary/aromatic N) is 1. The highest BCUT2D eigenvalue weighted by atomic mass is 79.9. The average molecular weight is 339 g/mol. The third-order valence-corrected chi connectivity index (χ3v) is 3.43. The second-order valence-electron chi connectivity index (χ2n) is 4.13. The van der Waals surface area contributed by atoms with Crippen LogP contribution in [0.1, 0.15) is 6.42 Å². The molecule has 0 radical (unpaired) electrons. The summed E-state index contributed by atoms with van der Waals surface area (Å²) in [5.41, 5.74) is 0. The zero-order valence-electron chi connectivity index (χ0n) is 10.2. The number of halogens is 1. The van der Waals surface area contributed by atoms with Crippen molar-refractivity contribution in [2.45, 2.75) is 12.5 Å². The Bertz CT molecular complexity index is 674. The number of hydrogen-bond donors (Lipinski definition) is 3. The van der Waals surface area contributed by atoms with Crippen LogP contribution in [0.15, 0.2) is 34.9 Å². The predicted molar refractivity (Wildman–Crippen MR) is 76.7 cm³/mol. The van der Waals surface area contributed by atoms with Crippen LogP contribution in [0, 0.1) is 0 Å². The van der Waals surface area contributed by atoms with Crippen molar-refractivity contribution in [3.05, 3.63) is 34.9 Å². The molecule has 6 nitrogen and oxygen atoms in total. The van der Waals surface area contributed by atoms with Crippen molar-refractivity contribution < 1.29 is 19.8 Å². The highest BCUT2D eigenvalue weighted by Crippen LogP contribution is 2.28. The molecule has 1 heterocycles. The summed E-state index contributed by atoms with van der Waals surface area (Å²) in [5, 5.41) is 22.0. The van der Waals surface area contributed by atoms with Gasteiger partial charge in [0.1, 0.15) is 11.9 Å². The Morgan fingerprint density at radius 2 is 2.00 bits per heavy atom. The van der Waals surface area contributed by atoms with Gasteiger partial charge in [-0.1, -0.05) is 28.1 Å². The van der Waals surface area contributed by atoms with E-state index in [0.29, 0.717) is 5.82 Å². The molecule has 3 N–H and O–H groups in total. The van der Waals surface area contributed by atoms with Crippen LogP contribution in [0.5, 0.6) is 0 Å². The summed E-state index contributed by atoms with van der Waals surface area (Å²) in [6.45, 7) is 0. The third-order valence-electron chi connectivity index (χ3n) is 2.74. The van der Waals surface area contributed by atoms with Gasteiger partial charge in [0, 0.05) is 21.4 Å². The predicted octanol–water partition coefficient (Wildman–Crippen LogP) is 2.34. The number of nitrogens with one attached hydrogen (secondary N) is 1. The first-order chi connectivity index (χ1) is 9.49. The van der Waals surface area contributed by atoms with Gasteiger partial charge < -0.3 is 15.5 Å². The van der Waals surface area contributed by atoms with Gasteiger partial charge in [0.25, 0.3) is 0 Å².